The third-order valence-corrected chi connectivity index (χ3v) is 3.69. The normalized spacial score (nSPS) is 10.1. The van der Waals surface area contributed by atoms with Crippen LogP contribution in [0.1, 0.15) is 26.3 Å². The van der Waals surface area contributed by atoms with Crippen LogP contribution >= 0.6 is 15.9 Å². The number of amides is 1. The Bertz CT molecular complexity index is 701. The maximum Gasteiger partial charge on any atom is 0.337 e. The minimum Gasteiger partial charge on any atom is -0.465 e. The third kappa shape index (κ3) is 3.92. The van der Waals surface area contributed by atoms with E-state index < -0.39 is 11.8 Å². The van der Waals surface area contributed by atoms with Gasteiger partial charge >= 0.3 is 5.97 Å². The molecule has 0 radical (unpaired) electrons. The molecule has 114 valence electrons. The highest BCUT2D eigenvalue weighted by Gasteiger charge is 2.11. The molecule has 0 saturated heterocycles. The van der Waals surface area contributed by atoms with E-state index in [-0.39, 0.29) is 18.0 Å². The molecule has 2 aromatic carbocycles. The smallest absolute Gasteiger partial charge is 0.337 e. The monoisotopic (exact) mass is 365 g/mol. The van der Waals surface area contributed by atoms with E-state index in [4.69, 9.17) is 0 Å². The molecule has 1 N–H and O–H groups in total. The van der Waals surface area contributed by atoms with E-state index >= 15 is 0 Å². The quantitative estimate of drug-likeness (QED) is 0.845. The van der Waals surface area contributed by atoms with Gasteiger partial charge in [-0.1, -0.05) is 12.1 Å². The van der Waals surface area contributed by atoms with Crippen LogP contribution in [0, 0.1) is 5.82 Å². The number of carbonyl (C=O) groups is 2. The molecule has 2 aromatic rings. The van der Waals surface area contributed by atoms with E-state index in [9.17, 15) is 14.0 Å². The number of methoxy groups -OCH3 is 1. The van der Waals surface area contributed by atoms with Gasteiger partial charge in [-0.15, -0.1) is 0 Å². The van der Waals surface area contributed by atoms with Crippen LogP contribution in [-0.4, -0.2) is 19.0 Å². The van der Waals surface area contributed by atoms with E-state index in [1.165, 1.54) is 25.3 Å². The van der Waals surface area contributed by atoms with Gasteiger partial charge in [0.2, 0.25) is 0 Å². The first-order valence-corrected chi connectivity index (χ1v) is 7.21. The van der Waals surface area contributed by atoms with Crippen LogP contribution in [0.4, 0.5) is 4.39 Å². The lowest BCUT2D eigenvalue weighted by Gasteiger charge is -2.08. The predicted octanol–water partition coefficient (Wildman–Crippen LogP) is 3.30. The number of hydrogen-bond donors (Lipinski definition) is 1. The molecule has 0 unspecified atom stereocenters. The molecule has 0 aromatic heterocycles. The Morgan fingerprint density at radius 1 is 1.18 bits per heavy atom. The van der Waals surface area contributed by atoms with Gasteiger partial charge < -0.3 is 10.1 Å². The topological polar surface area (TPSA) is 55.4 Å². The van der Waals surface area contributed by atoms with Gasteiger partial charge in [0.1, 0.15) is 5.82 Å². The standard InChI is InChI=1S/C16H13BrFNO3/c1-22-16(21)11-4-2-10(3-5-11)9-19-15(20)13-8-12(18)6-7-14(13)17/h2-8H,9H2,1H3,(H,19,20). The molecule has 22 heavy (non-hydrogen) atoms. The summed E-state index contributed by atoms with van der Waals surface area (Å²) in [6.45, 7) is 0.267. The van der Waals surface area contributed by atoms with E-state index in [1.54, 1.807) is 24.3 Å². The van der Waals surface area contributed by atoms with Crippen molar-refractivity contribution in [1.29, 1.82) is 0 Å². The Balaban J connectivity index is 2.02. The summed E-state index contributed by atoms with van der Waals surface area (Å²) < 4.78 is 18.3. The molecule has 4 nitrogen and oxygen atoms in total. The molecule has 0 spiro atoms. The largest absolute Gasteiger partial charge is 0.465 e. The zero-order valence-corrected chi connectivity index (χ0v) is 13.3. The molecule has 2 rings (SSSR count). The summed E-state index contributed by atoms with van der Waals surface area (Å²) in [4.78, 5) is 23.3. The Labute approximate surface area is 135 Å². The zero-order valence-electron chi connectivity index (χ0n) is 11.7. The fourth-order valence-corrected chi connectivity index (χ4v) is 2.25. The molecular formula is C16H13BrFNO3. The van der Waals surface area contributed by atoms with Gasteiger partial charge in [-0.2, -0.15) is 0 Å². The Hall–Kier alpha value is -2.21. The van der Waals surface area contributed by atoms with Crippen molar-refractivity contribution in [2.75, 3.05) is 7.11 Å². The van der Waals surface area contributed by atoms with Crippen molar-refractivity contribution in [3.05, 3.63) is 69.4 Å². The number of halogens is 2. The van der Waals surface area contributed by atoms with E-state index in [0.717, 1.165) is 5.56 Å². The van der Waals surface area contributed by atoms with Gasteiger partial charge in [-0.25, -0.2) is 9.18 Å². The highest BCUT2D eigenvalue weighted by Crippen LogP contribution is 2.17. The highest BCUT2D eigenvalue weighted by atomic mass is 79.9. The average Bonchev–Trinajstić information content (AvgIpc) is 2.54. The van der Waals surface area contributed by atoms with E-state index in [0.29, 0.717) is 10.0 Å². The van der Waals surface area contributed by atoms with Crippen LogP contribution in [0.2, 0.25) is 0 Å². The average molecular weight is 366 g/mol. The van der Waals surface area contributed by atoms with Crippen molar-refractivity contribution in [3.63, 3.8) is 0 Å². The molecule has 0 aliphatic carbocycles. The fraction of sp³-hybridized carbons (Fsp3) is 0.125. The number of benzene rings is 2. The Morgan fingerprint density at radius 2 is 1.86 bits per heavy atom. The summed E-state index contributed by atoms with van der Waals surface area (Å²) >= 11 is 3.21. The van der Waals surface area contributed by atoms with Gasteiger partial charge in [-0.3, -0.25) is 4.79 Å². The maximum atomic E-state index is 13.2. The number of ether oxygens (including phenoxy) is 1. The van der Waals surface area contributed by atoms with Crippen LogP contribution in [0.25, 0.3) is 0 Å². The Kier molecular flexibility index (Phi) is 5.27. The van der Waals surface area contributed by atoms with Crippen molar-refractivity contribution in [2.24, 2.45) is 0 Å². The molecule has 0 aliphatic rings. The lowest BCUT2D eigenvalue weighted by atomic mass is 10.1. The van der Waals surface area contributed by atoms with Gasteiger partial charge in [0.25, 0.3) is 5.91 Å². The van der Waals surface area contributed by atoms with Crippen molar-refractivity contribution < 1.29 is 18.7 Å². The van der Waals surface area contributed by atoms with Crippen LogP contribution in [-0.2, 0) is 11.3 Å². The van der Waals surface area contributed by atoms with Gasteiger partial charge in [-0.05, 0) is 51.8 Å². The first-order valence-electron chi connectivity index (χ1n) is 6.42. The summed E-state index contributed by atoms with van der Waals surface area (Å²) in [7, 11) is 1.31. The van der Waals surface area contributed by atoms with Crippen LogP contribution in [0.3, 0.4) is 0 Å². The molecule has 1 amide bonds. The number of carbonyl (C=O) groups excluding carboxylic acids is 2. The van der Waals surface area contributed by atoms with Crippen LogP contribution in [0.5, 0.6) is 0 Å². The van der Waals surface area contributed by atoms with E-state index in [1.807, 2.05) is 0 Å². The summed E-state index contributed by atoms with van der Waals surface area (Å²) in [5.74, 6) is -1.28. The second-order valence-corrected chi connectivity index (χ2v) is 5.35. The van der Waals surface area contributed by atoms with Crippen molar-refractivity contribution >= 4 is 27.8 Å². The Morgan fingerprint density at radius 3 is 2.50 bits per heavy atom. The first kappa shape index (κ1) is 16.2. The van der Waals surface area contributed by atoms with Gasteiger partial charge in [0.15, 0.2) is 0 Å². The maximum absolute atomic E-state index is 13.2. The second-order valence-electron chi connectivity index (χ2n) is 4.50. The SMILES string of the molecule is COC(=O)c1ccc(CNC(=O)c2cc(F)ccc2Br)cc1. The molecule has 0 heterocycles. The summed E-state index contributed by atoms with van der Waals surface area (Å²) in [6.07, 6.45) is 0. The molecular weight excluding hydrogens is 353 g/mol. The lowest BCUT2D eigenvalue weighted by Crippen LogP contribution is -2.23. The summed E-state index contributed by atoms with van der Waals surface area (Å²) in [5, 5.41) is 2.69. The summed E-state index contributed by atoms with van der Waals surface area (Å²) in [6, 6.07) is 10.6. The van der Waals surface area contributed by atoms with Gasteiger partial charge in [0, 0.05) is 11.0 Å². The fourth-order valence-electron chi connectivity index (χ4n) is 1.83. The molecule has 0 fully saturated rings. The minimum atomic E-state index is -0.476. The van der Waals surface area contributed by atoms with Crippen LogP contribution < -0.4 is 5.32 Å². The van der Waals surface area contributed by atoms with Crippen molar-refractivity contribution in [2.45, 2.75) is 6.54 Å². The second kappa shape index (κ2) is 7.17. The number of nitrogens with one attached hydrogen (secondary N) is 1. The molecule has 0 aliphatic heterocycles. The van der Waals surface area contributed by atoms with Crippen molar-refractivity contribution in [1.82, 2.24) is 5.32 Å². The number of rotatable bonds is 4. The zero-order chi connectivity index (χ0) is 16.1. The predicted molar refractivity (Wildman–Crippen MR) is 83.1 cm³/mol. The number of hydrogen-bond acceptors (Lipinski definition) is 3. The highest BCUT2D eigenvalue weighted by molar-refractivity contribution is 9.10. The molecule has 0 saturated carbocycles. The van der Waals surface area contributed by atoms with Crippen molar-refractivity contribution in [3.8, 4) is 0 Å². The number of esters is 1. The van der Waals surface area contributed by atoms with E-state index in [2.05, 4.69) is 26.0 Å². The molecule has 6 heteroatoms. The van der Waals surface area contributed by atoms with Crippen LogP contribution in [0.15, 0.2) is 46.9 Å². The lowest BCUT2D eigenvalue weighted by molar-refractivity contribution is 0.0600. The molecule has 0 atom stereocenters. The van der Waals surface area contributed by atoms with Gasteiger partial charge in [0.05, 0.1) is 18.2 Å². The first-order chi connectivity index (χ1) is 10.5. The third-order valence-electron chi connectivity index (χ3n) is 3.00. The summed E-state index contributed by atoms with van der Waals surface area (Å²) in [5.41, 5.74) is 1.48. The minimum absolute atomic E-state index is 0.228. The molecule has 0 bridgehead atoms.